The van der Waals surface area contributed by atoms with E-state index in [9.17, 15) is 4.79 Å². The van der Waals surface area contributed by atoms with E-state index in [4.69, 9.17) is 9.73 Å². The van der Waals surface area contributed by atoms with Crippen molar-refractivity contribution in [3.05, 3.63) is 53.7 Å². The maximum absolute atomic E-state index is 12.1. The van der Waals surface area contributed by atoms with Crippen LogP contribution in [0.1, 0.15) is 62.5 Å². The van der Waals surface area contributed by atoms with Crippen molar-refractivity contribution in [3.63, 3.8) is 0 Å². The van der Waals surface area contributed by atoms with Crippen LogP contribution in [0.4, 0.5) is 5.69 Å². The summed E-state index contributed by atoms with van der Waals surface area (Å²) in [7, 11) is 0. The summed E-state index contributed by atoms with van der Waals surface area (Å²) in [6.45, 7) is 3.97. The number of anilines is 1. The summed E-state index contributed by atoms with van der Waals surface area (Å²) in [6, 6.07) is 12.0. The third kappa shape index (κ3) is 7.31. The number of nitrogens with zero attached hydrogens (tertiary/aromatic N) is 2. The number of hydrogen-bond acceptors (Lipinski definition) is 4. The molecule has 33 heavy (non-hydrogen) atoms. The molecule has 0 saturated heterocycles. The van der Waals surface area contributed by atoms with Gasteiger partial charge in [-0.25, -0.2) is 9.98 Å². The van der Waals surface area contributed by atoms with Crippen LogP contribution in [-0.2, 0) is 11.3 Å². The molecule has 0 bridgehead atoms. The fourth-order valence-electron chi connectivity index (χ4n) is 4.34. The molecule has 3 N–H and O–H groups in total. The molecular weight excluding hydrogens is 529 g/mol. The number of amides is 1. The third-order valence-corrected chi connectivity index (χ3v) is 6.02. The van der Waals surface area contributed by atoms with Gasteiger partial charge in [0.05, 0.1) is 6.54 Å². The number of aliphatic imine (C=N–C) groups is 1. The van der Waals surface area contributed by atoms with Crippen molar-refractivity contribution in [3.8, 4) is 5.88 Å². The highest BCUT2D eigenvalue weighted by Crippen LogP contribution is 2.31. The lowest BCUT2D eigenvalue weighted by atomic mass is 9.90. The average Bonchev–Trinajstić information content (AvgIpc) is 2.82. The minimum atomic E-state index is 0. The molecule has 1 saturated carbocycles. The lowest BCUT2D eigenvalue weighted by Crippen LogP contribution is -2.40. The number of ether oxygens (including phenoxy) is 1. The maximum atomic E-state index is 12.1. The van der Waals surface area contributed by atoms with E-state index < -0.39 is 0 Å². The molecule has 1 aliphatic carbocycles. The van der Waals surface area contributed by atoms with Crippen LogP contribution < -0.4 is 20.7 Å². The predicted molar refractivity (Wildman–Crippen MR) is 142 cm³/mol. The number of nitrogens with one attached hydrogen (secondary N) is 3. The highest BCUT2D eigenvalue weighted by atomic mass is 127. The van der Waals surface area contributed by atoms with Gasteiger partial charge in [-0.3, -0.25) is 4.79 Å². The second kappa shape index (κ2) is 12.8. The summed E-state index contributed by atoms with van der Waals surface area (Å²) in [6.07, 6.45) is 8.66. The van der Waals surface area contributed by atoms with E-state index in [2.05, 4.69) is 27.0 Å². The Balaban J connectivity index is 0.00000306. The van der Waals surface area contributed by atoms with Gasteiger partial charge >= 0.3 is 0 Å². The summed E-state index contributed by atoms with van der Waals surface area (Å²) in [5, 5.41) is 9.64. The van der Waals surface area contributed by atoms with E-state index in [0.29, 0.717) is 31.5 Å². The van der Waals surface area contributed by atoms with Crippen LogP contribution in [0.3, 0.4) is 0 Å². The summed E-state index contributed by atoms with van der Waals surface area (Å²) in [4.78, 5) is 21.2. The zero-order valence-corrected chi connectivity index (χ0v) is 21.5. The Hall–Kier alpha value is -2.36. The first kappa shape index (κ1) is 25.3. The van der Waals surface area contributed by atoms with Crippen molar-refractivity contribution in [2.24, 2.45) is 4.99 Å². The zero-order valence-electron chi connectivity index (χ0n) is 19.2. The van der Waals surface area contributed by atoms with Gasteiger partial charge in [-0.2, -0.15) is 0 Å². The molecule has 1 unspecified atom stereocenters. The molecule has 1 atom stereocenters. The number of halogens is 1. The monoisotopic (exact) mass is 563 g/mol. The van der Waals surface area contributed by atoms with Crippen molar-refractivity contribution in [1.82, 2.24) is 15.6 Å². The summed E-state index contributed by atoms with van der Waals surface area (Å²) >= 11 is 0. The third-order valence-electron chi connectivity index (χ3n) is 6.02. The van der Waals surface area contributed by atoms with Crippen LogP contribution in [0.5, 0.6) is 5.88 Å². The van der Waals surface area contributed by atoms with Gasteiger partial charge < -0.3 is 20.7 Å². The van der Waals surface area contributed by atoms with Gasteiger partial charge in [-0.1, -0.05) is 30.7 Å². The van der Waals surface area contributed by atoms with Crippen LogP contribution in [0.15, 0.2) is 47.6 Å². The van der Waals surface area contributed by atoms with Crippen molar-refractivity contribution >= 4 is 41.5 Å². The van der Waals surface area contributed by atoms with Crippen molar-refractivity contribution in [2.45, 2.75) is 64.0 Å². The number of carbonyl (C=O) groups excluding carboxylic acids is 1. The van der Waals surface area contributed by atoms with Crippen LogP contribution in [0.25, 0.3) is 0 Å². The molecule has 1 fully saturated rings. The SMILES string of the molecule is CCNC(=NCc1ccc(OC2CCCCC2)nc1)NCC1CC(=O)Nc2ccccc21.I. The lowest BCUT2D eigenvalue weighted by molar-refractivity contribution is -0.116. The number of rotatable bonds is 7. The van der Waals surface area contributed by atoms with Crippen molar-refractivity contribution in [1.29, 1.82) is 0 Å². The summed E-state index contributed by atoms with van der Waals surface area (Å²) in [5.74, 6) is 1.60. The second-order valence-corrected chi connectivity index (χ2v) is 8.50. The first-order valence-electron chi connectivity index (χ1n) is 11.7. The Morgan fingerprint density at radius 2 is 1.97 bits per heavy atom. The molecule has 2 heterocycles. The molecule has 1 aromatic heterocycles. The molecule has 2 aliphatic rings. The number of pyridine rings is 1. The number of para-hydroxylation sites is 1. The van der Waals surface area contributed by atoms with E-state index in [1.165, 1.54) is 19.3 Å². The van der Waals surface area contributed by atoms with Gasteiger partial charge in [-0.05, 0) is 49.8 Å². The fraction of sp³-hybridized carbons (Fsp3) is 0.480. The van der Waals surface area contributed by atoms with Gasteiger partial charge in [0.25, 0.3) is 0 Å². The Morgan fingerprint density at radius 1 is 1.15 bits per heavy atom. The summed E-state index contributed by atoms with van der Waals surface area (Å²) < 4.78 is 6.01. The van der Waals surface area contributed by atoms with E-state index in [0.717, 1.165) is 42.2 Å². The molecule has 1 aromatic carbocycles. The molecule has 4 rings (SSSR count). The molecule has 0 radical (unpaired) electrons. The highest BCUT2D eigenvalue weighted by Gasteiger charge is 2.24. The smallest absolute Gasteiger partial charge is 0.225 e. The van der Waals surface area contributed by atoms with Gasteiger partial charge in [0, 0.05) is 43.4 Å². The molecular formula is C25H34IN5O2. The number of hydrogen-bond donors (Lipinski definition) is 3. The molecule has 2 aromatic rings. The maximum Gasteiger partial charge on any atom is 0.225 e. The lowest BCUT2D eigenvalue weighted by Gasteiger charge is -2.26. The normalized spacial score (nSPS) is 18.5. The Labute approximate surface area is 213 Å². The average molecular weight is 563 g/mol. The number of aromatic nitrogens is 1. The molecule has 0 spiro atoms. The van der Waals surface area contributed by atoms with Crippen LogP contribution in [0.2, 0.25) is 0 Å². The van der Waals surface area contributed by atoms with E-state index >= 15 is 0 Å². The standard InChI is InChI=1S/C25H33N5O2.HI/c1-2-26-25(29-17-19-14-23(31)30-22-11-7-6-10-21(19)22)28-16-18-12-13-24(27-15-18)32-20-8-4-3-5-9-20;/h6-7,10-13,15,19-20H,2-5,8-9,14,16-17H2,1H3,(H,30,31)(H2,26,28,29);1H. The minimum Gasteiger partial charge on any atom is -0.474 e. The van der Waals surface area contributed by atoms with Crippen LogP contribution in [-0.4, -0.2) is 36.0 Å². The van der Waals surface area contributed by atoms with Crippen molar-refractivity contribution in [2.75, 3.05) is 18.4 Å². The molecule has 1 aliphatic heterocycles. The van der Waals surface area contributed by atoms with E-state index in [-0.39, 0.29) is 35.8 Å². The first-order chi connectivity index (χ1) is 15.7. The van der Waals surface area contributed by atoms with Gasteiger partial charge in [-0.15, -0.1) is 24.0 Å². The molecule has 1 amide bonds. The van der Waals surface area contributed by atoms with Crippen LogP contribution >= 0.6 is 24.0 Å². The van der Waals surface area contributed by atoms with Gasteiger partial charge in [0.1, 0.15) is 6.10 Å². The Kier molecular flexibility index (Phi) is 9.77. The minimum absolute atomic E-state index is 0. The Bertz CT molecular complexity index is 929. The Morgan fingerprint density at radius 3 is 2.73 bits per heavy atom. The van der Waals surface area contributed by atoms with E-state index in [1.54, 1.807) is 0 Å². The molecule has 8 heteroatoms. The van der Waals surface area contributed by atoms with Gasteiger partial charge in [0.2, 0.25) is 11.8 Å². The first-order valence-corrected chi connectivity index (χ1v) is 11.7. The zero-order chi connectivity index (χ0) is 22.2. The number of carbonyl (C=O) groups is 1. The molecule has 7 nitrogen and oxygen atoms in total. The highest BCUT2D eigenvalue weighted by molar-refractivity contribution is 14.0. The predicted octanol–water partition coefficient (Wildman–Crippen LogP) is 4.59. The van der Waals surface area contributed by atoms with E-state index in [1.807, 2.05) is 43.5 Å². The quantitative estimate of drug-likeness (QED) is 0.261. The number of guanidine groups is 1. The second-order valence-electron chi connectivity index (χ2n) is 8.50. The fourth-order valence-corrected chi connectivity index (χ4v) is 4.34. The van der Waals surface area contributed by atoms with Gasteiger partial charge in [0.15, 0.2) is 5.96 Å². The number of fused-ring (bicyclic) bond motifs is 1. The van der Waals surface area contributed by atoms with Crippen molar-refractivity contribution < 1.29 is 9.53 Å². The largest absolute Gasteiger partial charge is 0.474 e. The molecule has 178 valence electrons. The summed E-state index contributed by atoms with van der Waals surface area (Å²) in [5.41, 5.74) is 3.09. The topological polar surface area (TPSA) is 87.6 Å². The van der Waals surface area contributed by atoms with Crippen LogP contribution in [0, 0.1) is 0 Å². The number of benzene rings is 1.